The number of aliphatic hydroxyl groups is 1. The summed E-state index contributed by atoms with van der Waals surface area (Å²) in [5.74, 6) is 1.59. The van der Waals surface area contributed by atoms with E-state index in [4.69, 9.17) is 9.47 Å². The molecule has 1 N–H and O–H groups in total. The summed E-state index contributed by atoms with van der Waals surface area (Å²) in [7, 11) is 0. The van der Waals surface area contributed by atoms with Gasteiger partial charge in [0.15, 0.2) is 0 Å². The highest BCUT2D eigenvalue weighted by molar-refractivity contribution is 5.64. The van der Waals surface area contributed by atoms with Crippen LogP contribution in [0.3, 0.4) is 0 Å². The lowest BCUT2D eigenvalue weighted by molar-refractivity contribution is 0.143. The molecular weight excluding hydrogens is 867 g/mol. The van der Waals surface area contributed by atoms with Gasteiger partial charge in [0.1, 0.15) is 17.7 Å². The largest absolute Gasteiger partial charge is 0.493 e. The molecule has 404 valence electrons. The zero-order chi connectivity index (χ0) is 50.3. The van der Waals surface area contributed by atoms with Crippen LogP contribution in [-0.2, 0) is 0 Å². The maximum atomic E-state index is 12.4. The fourth-order valence-corrected chi connectivity index (χ4v) is 10.7. The Bertz CT molecular complexity index is 1460. The van der Waals surface area contributed by atoms with Crippen molar-refractivity contribution in [2.24, 2.45) is 0 Å². The monoisotopic (exact) mass is 980 g/mol. The average molecular weight is 981 g/mol. The molecule has 71 heavy (non-hydrogen) atoms. The van der Waals surface area contributed by atoms with Gasteiger partial charge in [0.05, 0.1) is 13.2 Å². The van der Waals surface area contributed by atoms with E-state index in [2.05, 4.69) is 92.4 Å². The van der Waals surface area contributed by atoms with Crippen LogP contribution in [0.2, 0.25) is 0 Å². The first-order valence-corrected chi connectivity index (χ1v) is 31.2. The Hall–Kier alpha value is -2.98. The van der Waals surface area contributed by atoms with E-state index in [1.807, 2.05) is 12.1 Å². The summed E-state index contributed by atoms with van der Waals surface area (Å²) in [6, 6.07) is 27.1. The summed E-state index contributed by atoms with van der Waals surface area (Å²) in [5, 5.41) is 12.4. The van der Waals surface area contributed by atoms with Gasteiger partial charge in [0.25, 0.3) is 0 Å². The number of nitrogens with zero attached hydrogens (tertiary/aromatic N) is 1. The molecule has 3 aromatic rings. The maximum Gasteiger partial charge on any atom is 0.138 e. The van der Waals surface area contributed by atoms with Crippen molar-refractivity contribution in [1.82, 2.24) is 0 Å². The summed E-state index contributed by atoms with van der Waals surface area (Å²) >= 11 is 0. The van der Waals surface area contributed by atoms with Gasteiger partial charge in [-0.1, -0.05) is 308 Å². The van der Waals surface area contributed by atoms with E-state index in [0.717, 1.165) is 54.1 Å². The second-order valence-electron chi connectivity index (χ2n) is 21.7. The molecule has 0 saturated carbocycles. The smallest absolute Gasteiger partial charge is 0.138 e. The van der Waals surface area contributed by atoms with E-state index in [0.29, 0.717) is 13.2 Å². The Morgan fingerprint density at radius 1 is 0.338 bits per heavy atom. The molecule has 2 atom stereocenters. The number of unbranched alkanes of at least 4 members (excludes halogenated alkanes) is 38. The Morgan fingerprint density at radius 3 is 0.873 bits per heavy atom. The van der Waals surface area contributed by atoms with Crippen LogP contribution in [0, 0.1) is 0 Å². The van der Waals surface area contributed by atoms with E-state index >= 15 is 0 Å². The molecule has 0 aliphatic rings. The summed E-state index contributed by atoms with van der Waals surface area (Å²) in [6.07, 6.45) is 56.5. The fourth-order valence-electron chi connectivity index (χ4n) is 10.7. The Morgan fingerprint density at radius 2 is 0.606 bits per heavy atom. The quantitative estimate of drug-likeness (QED) is 0.0452. The molecular formula is C67H113NO3. The molecule has 4 nitrogen and oxygen atoms in total. The minimum Gasteiger partial charge on any atom is -0.493 e. The SMILES string of the molecule is CCCCCCCCCCCCCCCCCCCCCCOc1cc(OCCCCCCCCCCCCCCCCCCCCCC)cc(C(CCC)C(O)N(c2ccccc2)c2ccccc2)c1. The number of para-hydroxylation sites is 2. The Balaban J connectivity index is 1.39. The van der Waals surface area contributed by atoms with E-state index in [-0.39, 0.29) is 5.92 Å². The number of ether oxygens (including phenoxy) is 2. The maximum absolute atomic E-state index is 12.4. The lowest BCUT2D eigenvalue weighted by Gasteiger charge is -2.36. The van der Waals surface area contributed by atoms with Crippen LogP contribution in [0.4, 0.5) is 11.4 Å². The van der Waals surface area contributed by atoms with E-state index in [1.165, 1.54) is 244 Å². The standard InChI is InChI=1S/C67H113NO3/c1-4-7-9-11-13-15-17-19-21-23-25-27-29-31-33-35-37-39-41-49-56-70-64-58-61(66(51-6-3)67(69)68(62-52-45-43-46-53-62)63-54-47-44-48-55-63)59-65(60-64)71-57-50-42-40-38-36-34-32-30-28-26-24-22-20-18-16-14-12-10-8-5-2/h43-48,52-55,58-60,66-67,69H,4-42,49-51,56-57H2,1-3H3. The van der Waals surface area contributed by atoms with Gasteiger partial charge in [-0.3, -0.25) is 0 Å². The van der Waals surface area contributed by atoms with Crippen LogP contribution >= 0.6 is 0 Å². The fraction of sp³-hybridized carbons (Fsp3) is 0.731. The lowest BCUT2D eigenvalue weighted by atomic mass is 9.91. The molecule has 0 aliphatic heterocycles. The molecule has 0 fully saturated rings. The Kier molecular flexibility index (Phi) is 40.0. The highest BCUT2D eigenvalue weighted by atomic mass is 16.5. The van der Waals surface area contributed by atoms with Crippen molar-refractivity contribution < 1.29 is 14.6 Å². The molecule has 4 heteroatoms. The topological polar surface area (TPSA) is 41.9 Å². The molecule has 3 aromatic carbocycles. The van der Waals surface area contributed by atoms with Crippen LogP contribution in [-0.4, -0.2) is 24.5 Å². The molecule has 0 aliphatic carbocycles. The van der Waals surface area contributed by atoms with Crippen molar-refractivity contribution in [3.63, 3.8) is 0 Å². The first-order chi connectivity index (χ1) is 35.2. The predicted octanol–water partition coefficient (Wildman–Crippen LogP) is 22.1. The van der Waals surface area contributed by atoms with Gasteiger partial charge < -0.3 is 19.5 Å². The van der Waals surface area contributed by atoms with Crippen molar-refractivity contribution >= 4 is 11.4 Å². The van der Waals surface area contributed by atoms with E-state index in [9.17, 15) is 5.11 Å². The highest BCUT2D eigenvalue weighted by Gasteiger charge is 2.29. The van der Waals surface area contributed by atoms with Gasteiger partial charge in [0.2, 0.25) is 0 Å². The predicted molar refractivity (Wildman–Crippen MR) is 312 cm³/mol. The molecule has 0 bridgehead atoms. The van der Waals surface area contributed by atoms with Crippen LogP contribution < -0.4 is 14.4 Å². The van der Waals surface area contributed by atoms with Gasteiger partial charge in [-0.2, -0.15) is 0 Å². The summed E-state index contributed by atoms with van der Waals surface area (Å²) < 4.78 is 13.1. The summed E-state index contributed by atoms with van der Waals surface area (Å²) in [5.41, 5.74) is 3.04. The third-order valence-electron chi connectivity index (χ3n) is 15.2. The minimum absolute atomic E-state index is 0.134. The number of aliphatic hydroxyl groups excluding tert-OH is 1. The normalized spacial score (nSPS) is 12.3. The number of hydrogen-bond acceptors (Lipinski definition) is 4. The molecule has 3 rings (SSSR count). The zero-order valence-corrected chi connectivity index (χ0v) is 47.0. The Labute approximate surface area is 440 Å². The zero-order valence-electron chi connectivity index (χ0n) is 47.0. The molecule has 2 unspecified atom stereocenters. The van der Waals surface area contributed by atoms with Crippen molar-refractivity contribution in [1.29, 1.82) is 0 Å². The third-order valence-corrected chi connectivity index (χ3v) is 15.2. The van der Waals surface area contributed by atoms with Crippen LogP contribution in [0.25, 0.3) is 0 Å². The molecule has 0 radical (unpaired) electrons. The second-order valence-corrected chi connectivity index (χ2v) is 21.7. The minimum atomic E-state index is -0.767. The second kappa shape index (κ2) is 45.6. The average Bonchev–Trinajstić information content (AvgIpc) is 3.39. The van der Waals surface area contributed by atoms with Gasteiger partial charge in [0, 0.05) is 23.4 Å². The molecule has 0 heterocycles. The summed E-state index contributed by atoms with van der Waals surface area (Å²) in [6.45, 7) is 8.24. The van der Waals surface area contributed by atoms with Crippen molar-refractivity contribution in [2.75, 3.05) is 18.1 Å². The third kappa shape index (κ3) is 32.1. The highest BCUT2D eigenvalue weighted by Crippen LogP contribution is 2.38. The summed E-state index contributed by atoms with van der Waals surface area (Å²) in [4.78, 5) is 2.09. The van der Waals surface area contributed by atoms with E-state index < -0.39 is 6.23 Å². The van der Waals surface area contributed by atoms with Crippen LogP contribution in [0.1, 0.15) is 302 Å². The van der Waals surface area contributed by atoms with Crippen molar-refractivity contribution in [3.8, 4) is 11.5 Å². The molecule has 0 aromatic heterocycles. The van der Waals surface area contributed by atoms with Crippen LogP contribution in [0.5, 0.6) is 11.5 Å². The van der Waals surface area contributed by atoms with Crippen LogP contribution in [0.15, 0.2) is 78.9 Å². The number of rotatable bonds is 51. The first-order valence-electron chi connectivity index (χ1n) is 31.2. The van der Waals surface area contributed by atoms with Gasteiger partial charge in [-0.15, -0.1) is 0 Å². The molecule has 0 amide bonds. The van der Waals surface area contributed by atoms with Gasteiger partial charge in [-0.05, 0) is 61.2 Å². The van der Waals surface area contributed by atoms with Crippen molar-refractivity contribution in [3.05, 3.63) is 84.4 Å². The van der Waals surface area contributed by atoms with Gasteiger partial charge in [-0.25, -0.2) is 0 Å². The van der Waals surface area contributed by atoms with E-state index in [1.54, 1.807) is 0 Å². The number of anilines is 2. The molecule has 0 spiro atoms. The lowest BCUT2D eigenvalue weighted by Crippen LogP contribution is -2.36. The number of benzene rings is 3. The van der Waals surface area contributed by atoms with Gasteiger partial charge >= 0.3 is 0 Å². The molecule has 0 saturated heterocycles. The first kappa shape index (κ1) is 62.3. The number of hydrogen-bond donors (Lipinski definition) is 1. The van der Waals surface area contributed by atoms with Crippen molar-refractivity contribution in [2.45, 2.75) is 303 Å².